The predicted octanol–water partition coefficient (Wildman–Crippen LogP) is 2.49. The maximum absolute atomic E-state index is 4.22. The van der Waals surface area contributed by atoms with Crippen LogP contribution in [0.3, 0.4) is 0 Å². The zero-order chi connectivity index (χ0) is 30.7. The van der Waals surface area contributed by atoms with Crippen molar-refractivity contribution in [3.63, 3.8) is 0 Å². The Labute approximate surface area is 268 Å². The highest BCUT2D eigenvalue weighted by atomic mass is 15.1. The van der Waals surface area contributed by atoms with Crippen LogP contribution in [0, 0.1) is 0 Å². The van der Waals surface area contributed by atoms with Gasteiger partial charge in [-0.15, -0.1) is 0 Å². The number of hydrogen-bond acceptors (Lipinski definition) is 12. The molecule has 45 heavy (non-hydrogen) atoms. The first kappa shape index (κ1) is 34.0. The fraction of sp³-hybridized carbons (Fsp3) is 0.515. The van der Waals surface area contributed by atoms with Crippen LogP contribution in [0.25, 0.3) is 0 Å². The first-order chi connectivity index (χ1) is 21.4. The van der Waals surface area contributed by atoms with Crippen LogP contribution in [-0.4, -0.2) is 114 Å². The van der Waals surface area contributed by atoms with Gasteiger partial charge in [-0.25, -0.2) is 19.9 Å². The largest absolute Gasteiger partial charge is 0.302 e. The van der Waals surface area contributed by atoms with Crippen molar-refractivity contribution in [3.05, 3.63) is 94.6 Å². The van der Waals surface area contributed by atoms with Crippen molar-refractivity contribution in [2.75, 3.05) is 54.4 Å². The standard InChI is InChI=1S/4C8H11N3.CH4/c1-11-5-3-8-7(6-11)2-4-9-10-8;1-11-3-2-8-7(5-11)4-9-6-10-8;1-11-3-2-7-4-9-6-10-8(7)5-11;1-11-3-2-7-4-9-10-5-8(7)6-11;/h2,4H,3,5-6H2,1H3;2*4,6H,2-3,5H2,1H3;4-5H,2-3,6H2,1H3;1H4. The molecule has 4 aromatic heterocycles. The minimum atomic E-state index is 0. The third-order valence-electron chi connectivity index (χ3n) is 8.29. The molecule has 0 amide bonds. The van der Waals surface area contributed by atoms with Gasteiger partial charge in [-0.05, 0) is 69.4 Å². The maximum Gasteiger partial charge on any atom is 0.115 e. The van der Waals surface area contributed by atoms with Crippen LogP contribution >= 0.6 is 0 Å². The van der Waals surface area contributed by atoms with Crippen LogP contribution in [0.2, 0.25) is 0 Å². The first-order valence-corrected chi connectivity index (χ1v) is 15.3. The molecule has 12 heteroatoms. The third kappa shape index (κ3) is 10.1. The third-order valence-corrected chi connectivity index (χ3v) is 8.29. The molecule has 0 saturated heterocycles. The monoisotopic (exact) mass is 612 g/mol. The molecule has 8 rings (SSSR count). The van der Waals surface area contributed by atoms with Gasteiger partial charge in [0.15, 0.2) is 0 Å². The van der Waals surface area contributed by atoms with Gasteiger partial charge in [0.2, 0.25) is 0 Å². The van der Waals surface area contributed by atoms with Gasteiger partial charge in [0.05, 0.1) is 23.8 Å². The summed E-state index contributed by atoms with van der Waals surface area (Å²) in [5, 5.41) is 15.6. The van der Waals surface area contributed by atoms with Gasteiger partial charge in [-0.2, -0.15) is 20.4 Å². The topological polar surface area (TPSA) is 116 Å². The summed E-state index contributed by atoms with van der Waals surface area (Å²) in [5.74, 6) is 0. The Balaban J connectivity index is 0.000000136. The lowest BCUT2D eigenvalue weighted by Crippen LogP contribution is -2.27. The summed E-state index contributed by atoms with van der Waals surface area (Å²) in [4.78, 5) is 25.6. The van der Waals surface area contributed by atoms with Gasteiger partial charge < -0.3 is 19.6 Å². The Bertz CT molecular complexity index is 1260. The van der Waals surface area contributed by atoms with E-state index in [1.165, 1.54) is 44.9 Å². The van der Waals surface area contributed by atoms with Gasteiger partial charge in [0.1, 0.15) is 12.7 Å². The smallest absolute Gasteiger partial charge is 0.115 e. The fourth-order valence-electron chi connectivity index (χ4n) is 5.62. The molecular weight excluding hydrogens is 564 g/mol. The minimum Gasteiger partial charge on any atom is -0.302 e. The maximum atomic E-state index is 4.22. The van der Waals surface area contributed by atoms with Gasteiger partial charge in [0, 0.05) is 95.0 Å². The molecule has 8 heterocycles. The number of fused-ring (bicyclic) bond motifs is 4. The normalized spacial score (nSPS) is 17.5. The lowest BCUT2D eigenvalue weighted by molar-refractivity contribution is 0.307. The van der Waals surface area contributed by atoms with E-state index >= 15 is 0 Å². The zero-order valence-electron chi connectivity index (χ0n) is 26.5. The zero-order valence-corrected chi connectivity index (χ0v) is 26.5. The molecule has 4 aromatic rings. The molecule has 0 aliphatic carbocycles. The molecule has 0 spiro atoms. The second kappa shape index (κ2) is 17.0. The van der Waals surface area contributed by atoms with E-state index in [2.05, 4.69) is 94.2 Å². The molecule has 0 unspecified atom stereocenters. The van der Waals surface area contributed by atoms with Gasteiger partial charge >= 0.3 is 0 Å². The van der Waals surface area contributed by atoms with Gasteiger partial charge in [-0.3, -0.25) is 0 Å². The van der Waals surface area contributed by atoms with Crippen LogP contribution in [0.1, 0.15) is 52.3 Å². The van der Waals surface area contributed by atoms with Crippen molar-refractivity contribution in [2.24, 2.45) is 0 Å². The average molecular weight is 613 g/mol. The highest BCUT2D eigenvalue weighted by molar-refractivity contribution is 5.23. The van der Waals surface area contributed by atoms with E-state index < -0.39 is 0 Å². The summed E-state index contributed by atoms with van der Waals surface area (Å²) in [7, 11) is 8.49. The van der Waals surface area contributed by atoms with E-state index in [1.807, 2.05) is 24.8 Å². The lowest BCUT2D eigenvalue weighted by Gasteiger charge is -2.23. The van der Waals surface area contributed by atoms with E-state index in [4.69, 9.17) is 0 Å². The number of likely N-dealkylation sites (N-methyl/N-ethyl adjacent to an activating group) is 4. The Hall–Kier alpha value is -3.84. The fourth-order valence-corrected chi connectivity index (χ4v) is 5.62. The van der Waals surface area contributed by atoms with Crippen molar-refractivity contribution >= 4 is 0 Å². The molecule has 0 bridgehead atoms. The van der Waals surface area contributed by atoms with Crippen molar-refractivity contribution in [3.8, 4) is 0 Å². The van der Waals surface area contributed by atoms with E-state index in [-0.39, 0.29) is 7.43 Å². The lowest BCUT2D eigenvalue weighted by atomic mass is 10.0. The van der Waals surface area contributed by atoms with E-state index in [9.17, 15) is 0 Å². The molecule has 4 aliphatic rings. The van der Waals surface area contributed by atoms with Gasteiger partial charge in [0.25, 0.3) is 0 Å². The highest BCUT2D eigenvalue weighted by Gasteiger charge is 2.15. The molecule has 12 nitrogen and oxygen atoms in total. The SMILES string of the molecule is C.CN1CCc2cncnc2C1.CN1CCc2cnncc2C1.CN1CCc2ncncc2C1.CN1CCc2nnccc2C1. The molecule has 0 N–H and O–H groups in total. The van der Waals surface area contributed by atoms with Crippen LogP contribution in [-0.2, 0) is 51.9 Å². The summed E-state index contributed by atoms with van der Waals surface area (Å²) in [6.07, 6.45) is 16.9. The van der Waals surface area contributed by atoms with E-state index in [0.29, 0.717) is 0 Å². The van der Waals surface area contributed by atoms with Crippen LogP contribution < -0.4 is 0 Å². The molecule has 0 saturated carbocycles. The number of nitrogens with zero attached hydrogens (tertiary/aromatic N) is 12. The Morgan fingerprint density at radius 2 is 1.02 bits per heavy atom. The Kier molecular flexibility index (Phi) is 12.9. The number of rotatable bonds is 0. The van der Waals surface area contributed by atoms with E-state index in [0.717, 1.165) is 78.0 Å². The summed E-state index contributed by atoms with van der Waals surface area (Å²) in [5.41, 5.74) is 10.2. The molecule has 0 atom stereocenters. The summed E-state index contributed by atoms with van der Waals surface area (Å²) < 4.78 is 0. The van der Waals surface area contributed by atoms with E-state index in [1.54, 1.807) is 18.9 Å². The Morgan fingerprint density at radius 1 is 0.489 bits per heavy atom. The van der Waals surface area contributed by atoms with Crippen molar-refractivity contribution in [2.45, 2.75) is 59.3 Å². The molecule has 4 aliphatic heterocycles. The Morgan fingerprint density at radius 3 is 1.76 bits per heavy atom. The predicted molar refractivity (Wildman–Crippen MR) is 175 cm³/mol. The molecular formula is C33H48N12. The van der Waals surface area contributed by atoms with Crippen LogP contribution in [0.4, 0.5) is 0 Å². The highest BCUT2D eigenvalue weighted by Crippen LogP contribution is 2.16. The molecule has 0 fully saturated rings. The summed E-state index contributed by atoms with van der Waals surface area (Å²) >= 11 is 0. The van der Waals surface area contributed by atoms with Crippen molar-refractivity contribution in [1.82, 2.24) is 59.9 Å². The minimum absolute atomic E-state index is 0. The average Bonchev–Trinajstić information content (AvgIpc) is 3.05. The van der Waals surface area contributed by atoms with Gasteiger partial charge in [-0.1, -0.05) is 7.43 Å². The van der Waals surface area contributed by atoms with Crippen molar-refractivity contribution in [1.29, 1.82) is 0 Å². The van der Waals surface area contributed by atoms with Crippen LogP contribution in [0.5, 0.6) is 0 Å². The van der Waals surface area contributed by atoms with Crippen LogP contribution in [0.15, 0.2) is 49.7 Å². The number of aromatic nitrogens is 8. The first-order valence-electron chi connectivity index (χ1n) is 15.3. The molecule has 240 valence electrons. The summed E-state index contributed by atoms with van der Waals surface area (Å²) in [6.45, 7) is 8.48. The molecule has 0 aromatic carbocycles. The second-order valence-electron chi connectivity index (χ2n) is 12.0. The molecule has 0 radical (unpaired) electrons. The second-order valence-corrected chi connectivity index (χ2v) is 12.0. The van der Waals surface area contributed by atoms with Crippen molar-refractivity contribution < 1.29 is 0 Å². The quantitative estimate of drug-likeness (QED) is 0.291. The summed E-state index contributed by atoms with van der Waals surface area (Å²) in [6, 6.07) is 2.05. The number of hydrogen-bond donors (Lipinski definition) is 0.